The molecule has 2 nitrogen and oxygen atoms in total. The number of hydrogen-bond donors (Lipinski definition) is 1. The van der Waals surface area contributed by atoms with E-state index in [1.165, 1.54) is 0 Å². The first kappa shape index (κ1) is 11.9. The van der Waals surface area contributed by atoms with Crippen LogP contribution in [0.15, 0.2) is 0 Å². The highest BCUT2D eigenvalue weighted by Crippen LogP contribution is 2.38. The van der Waals surface area contributed by atoms with Crippen LogP contribution in [0.2, 0.25) is 0 Å². The third kappa shape index (κ3) is 1.80. The second kappa shape index (κ2) is 3.75. The van der Waals surface area contributed by atoms with E-state index in [9.17, 15) is 5.11 Å². The van der Waals surface area contributed by atoms with Crippen LogP contribution in [-0.4, -0.2) is 24.4 Å². The van der Waals surface area contributed by atoms with Gasteiger partial charge in [-0.05, 0) is 11.3 Å². The molecule has 0 saturated heterocycles. The summed E-state index contributed by atoms with van der Waals surface area (Å²) in [4.78, 5) is 0. The van der Waals surface area contributed by atoms with Crippen LogP contribution in [-0.2, 0) is 4.74 Å². The Morgan fingerprint density at radius 2 is 1.67 bits per heavy atom. The summed E-state index contributed by atoms with van der Waals surface area (Å²) in [6.45, 7) is 10.5. The van der Waals surface area contributed by atoms with Gasteiger partial charge in [-0.3, -0.25) is 0 Å². The Morgan fingerprint density at radius 1 is 1.25 bits per heavy atom. The van der Waals surface area contributed by atoms with Gasteiger partial charge in [0.25, 0.3) is 0 Å². The molecule has 0 aromatic heterocycles. The van der Waals surface area contributed by atoms with Gasteiger partial charge in [-0.1, -0.05) is 34.6 Å². The van der Waals surface area contributed by atoms with E-state index in [-0.39, 0.29) is 12.0 Å². The van der Waals surface area contributed by atoms with Gasteiger partial charge in [0, 0.05) is 7.11 Å². The summed E-state index contributed by atoms with van der Waals surface area (Å²) >= 11 is 0. The van der Waals surface area contributed by atoms with E-state index in [4.69, 9.17) is 4.74 Å². The maximum absolute atomic E-state index is 9.36. The average molecular weight is 174 g/mol. The zero-order valence-electron chi connectivity index (χ0n) is 9.14. The van der Waals surface area contributed by atoms with Crippen LogP contribution in [0.4, 0.5) is 0 Å². The predicted molar refractivity (Wildman–Crippen MR) is 51.1 cm³/mol. The smallest absolute Gasteiger partial charge is 0.0978 e. The molecule has 0 radical (unpaired) electrons. The zero-order chi connectivity index (χ0) is 9.99. The molecule has 0 aliphatic carbocycles. The lowest BCUT2D eigenvalue weighted by molar-refractivity contribution is -0.151. The third-order valence-corrected chi connectivity index (χ3v) is 2.80. The SMILES string of the molecule is COC(CO)(C(C)C)C(C)(C)C. The van der Waals surface area contributed by atoms with E-state index in [0.717, 1.165) is 0 Å². The fourth-order valence-electron chi connectivity index (χ4n) is 1.89. The van der Waals surface area contributed by atoms with Gasteiger partial charge >= 0.3 is 0 Å². The lowest BCUT2D eigenvalue weighted by atomic mass is 9.70. The topological polar surface area (TPSA) is 29.5 Å². The lowest BCUT2D eigenvalue weighted by Crippen LogP contribution is -2.52. The van der Waals surface area contributed by atoms with Crippen LogP contribution in [0.5, 0.6) is 0 Å². The summed E-state index contributed by atoms with van der Waals surface area (Å²) in [6.07, 6.45) is 0. The normalized spacial score (nSPS) is 18.0. The Bertz CT molecular complexity index is 129. The molecule has 0 amide bonds. The molecule has 74 valence electrons. The quantitative estimate of drug-likeness (QED) is 0.709. The monoisotopic (exact) mass is 174 g/mol. The Morgan fingerprint density at radius 3 is 1.67 bits per heavy atom. The van der Waals surface area contributed by atoms with Gasteiger partial charge in [0.1, 0.15) is 0 Å². The second-order valence-electron chi connectivity index (χ2n) is 4.66. The van der Waals surface area contributed by atoms with Crippen molar-refractivity contribution in [3.8, 4) is 0 Å². The zero-order valence-corrected chi connectivity index (χ0v) is 9.14. The predicted octanol–water partition coefficient (Wildman–Crippen LogP) is 2.07. The van der Waals surface area contributed by atoms with Gasteiger partial charge in [0.15, 0.2) is 0 Å². The molecule has 0 aliphatic rings. The van der Waals surface area contributed by atoms with Crippen LogP contribution in [0.25, 0.3) is 0 Å². The highest BCUT2D eigenvalue weighted by Gasteiger charge is 2.44. The molecular formula is C10H22O2. The van der Waals surface area contributed by atoms with Gasteiger partial charge in [-0.15, -0.1) is 0 Å². The molecule has 0 aliphatic heterocycles. The summed E-state index contributed by atoms with van der Waals surface area (Å²) in [5, 5.41) is 9.36. The first-order chi connectivity index (χ1) is 5.31. The van der Waals surface area contributed by atoms with Crippen molar-refractivity contribution in [1.29, 1.82) is 0 Å². The molecule has 0 rings (SSSR count). The van der Waals surface area contributed by atoms with E-state index < -0.39 is 5.60 Å². The van der Waals surface area contributed by atoms with Crippen LogP contribution in [0.1, 0.15) is 34.6 Å². The average Bonchev–Trinajstić information content (AvgIpc) is 1.87. The van der Waals surface area contributed by atoms with E-state index in [1.807, 2.05) is 0 Å². The molecule has 12 heavy (non-hydrogen) atoms. The lowest BCUT2D eigenvalue weighted by Gasteiger charge is -2.45. The fraction of sp³-hybridized carbons (Fsp3) is 1.00. The van der Waals surface area contributed by atoms with Crippen molar-refractivity contribution in [3.05, 3.63) is 0 Å². The molecule has 1 N–H and O–H groups in total. The summed E-state index contributed by atoms with van der Waals surface area (Å²) in [5.41, 5.74) is -0.461. The molecule has 2 heteroatoms. The first-order valence-electron chi connectivity index (χ1n) is 4.48. The molecule has 1 atom stereocenters. The highest BCUT2D eigenvalue weighted by molar-refractivity contribution is 4.94. The molecule has 0 spiro atoms. The maximum atomic E-state index is 9.36. The number of aliphatic hydroxyl groups is 1. The van der Waals surface area contributed by atoms with Crippen molar-refractivity contribution in [2.75, 3.05) is 13.7 Å². The van der Waals surface area contributed by atoms with Gasteiger partial charge in [0.05, 0.1) is 12.2 Å². The maximum Gasteiger partial charge on any atom is 0.0978 e. The van der Waals surface area contributed by atoms with E-state index >= 15 is 0 Å². The molecule has 0 aromatic rings. The van der Waals surface area contributed by atoms with Gasteiger partial charge in [0.2, 0.25) is 0 Å². The molecule has 0 aromatic carbocycles. The van der Waals surface area contributed by atoms with Gasteiger partial charge < -0.3 is 9.84 Å². The van der Waals surface area contributed by atoms with Crippen molar-refractivity contribution in [2.45, 2.75) is 40.2 Å². The van der Waals surface area contributed by atoms with Crippen LogP contribution in [0.3, 0.4) is 0 Å². The number of aliphatic hydroxyl groups excluding tert-OH is 1. The van der Waals surface area contributed by atoms with E-state index in [0.29, 0.717) is 5.92 Å². The molecule has 0 fully saturated rings. The standard InChI is InChI=1S/C10H22O2/c1-8(2)10(7-11,12-6)9(3,4)5/h8,11H,7H2,1-6H3. The molecular weight excluding hydrogens is 152 g/mol. The summed E-state index contributed by atoms with van der Waals surface area (Å²) in [5.74, 6) is 0.312. The van der Waals surface area contributed by atoms with Gasteiger partial charge in [-0.2, -0.15) is 0 Å². The van der Waals surface area contributed by atoms with Crippen LogP contribution >= 0.6 is 0 Å². The van der Waals surface area contributed by atoms with Crippen molar-refractivity contribution in [1.82, 2.24) is 0 Å². The molecule has 0 bridgehead atoms. The van der Waals surface area contributed by atoms with Crippen molar-refractivity contribution >= 4 is 0 Å². The van der Waals surface area contributed by atoms with Crippen LogP contribution < -0.4 is 0 Å². The highest BCUT2D eigenvalue weighted by atomic mass is 16.5. The Balaban J connectivity index is 4.83. The number of rotatable bonds is 3. The largest absolute Gasteiger partial charge is 0.393 e. The minimum Gasteiger partial charge on any atom is -0.393 e. The van der Waals surface area contributed by atoms with E-state index in [1.54, 1.807) is 7.11 Å². The fourth-order valence-corrected chi connectivity index (χ4v) is 1.89. The van der Waals surface area contributed by atoms with Crippen molar-refractivity contribution < 1.29 is 9.84 Å². The molecule has 0 heterocycles. The summed E-state index contributed by atoms with van der Waals surface area (Å²) in [6, 6.07) is 0. The summed E-state index contributed by atoms with van der Waals surface area (Å²) < 4.78 is 5.46. The Kier molecular flexibility index (Phi) is 3.73. The minimum atomic E-state index is -0.424. The molecule has 1 unspecified atom stereocenters. The Hall–Kier alpha value is -0.0800. The van der Waals surface area contributed by atoms with Gasteiger partial charge in [-0.25, -0.2) is 0 Å². The van der Waals surface area contributed by atoms with Crippen LogP contribution in [0, 0.1) is 11.3 Å². The number of methoxy groups -OCH3 is 1. The molecule has 0 saturated carbocycles. The Labute approximate surface area is 75.9 Å². The van der Waals surface area contributed by atoms with Crippen molar-refractivity contribution in [3.63, 3.8) is 0 Å². The number of ether oxygens (including phenoxy) is 1. The summed E-state index contributed by atoms with van der Waals surface area (Å²) in [7, 11) is 1.67. The minimum absolute atomic E-state index is 0.0370. The van der Waals surface area contributed by atoms with Crippen molar-refractivity contribution in [2.24, 2.45) is 11.3 Å². The third-order valence-electron chi connectivity index (χ3n) is 2.80. The number of hydrogen-bond acceptors (Lipinski definition) is 2. The second-order valence-corrected chi connectivity index (χ2v) is 4.66. The van der Waals surface area contributed by atoms with E-state index in [2.05, 4.69) is 34.6 Å². The first-order valence-corrected chi connectivity index (χ1v) is 4.48.